The molecule has 2 aromatic rings. The summed E-state index contributed by atoms with van der Waals surface area (Å²) >= 11 is 6.16. The number of aryl methyl sites for hydroxylation is 1. The van der Waals surface area contributed by atoms with Gasteiger partial charge in [0.25, 0.3) is 0 Å². The lowest BCUT2D eigenvalue weighted by Crippen LogP contribution is -2.01. The van der Waals surface area contributed by atoms with Gasteiger partial charge in [0.1, 0.15) is 6.07 Å². The molecule has 3 heteroatoms. The fraction of sp³-hybridized carbons (Fsp3) is 0.133. The Morgan fingerprint density at radius 1 is 1.22 bits per heavy atom. The summed E-state index contributed by atoms with van der Waals surface area (Å²) in [6, 6.07) is 15.6. The first kappa shape index (κ1) is 12.5. The summed E-state index contributed by atoms with van der Waals surface area (Å²) < 4.78 is 0. The number of nitrogens with one attached hydrogen (secondary N) is 1. The molecule has 1 N–H and O–H groups in total. The van der Waals surface area contributed by atoms with Crippen LogP contribution in [0, 0.1) is 18.3 Å². The zero-order chi connectivity index (χ0) is 13.0. The molecule has 0 bridgehead atoms. The van der Waals surface area contributed by atoms with Crippen LogP contribution in [0.5, 0.6) is 0 Å². The van der Waals surface area contributed by atoms with E-state index in [1.54, 1.807) is 6.07 Å². The number of hydrogen-bond donors (Lipinski definition) is 1. The molecular weight excluding hydrogens is 244 g/mol. The number of nitrogens with zero attached hydrogens (tertiary/aromatic N) is 1. The van der Waals surface area contributed by atoms with Crippen molar-refractivity contribution >= 4 is 17.3 Å². The number of halogens is 1. The molecule has 0 spiro atoms. The Hall–Kier alpha value is -1.98. The van der Waals surface area contributed by atoms with Crippen LogP contribution in [0.15, 0.2) is 42.5 Å². The van der Waals surface area contributed by atoms with E-state index in [1.165, 1.54) is 0 Å². The summed E-state index contributed by atoms with van der Waals surface area (Å²) in [5.74, 6) is 0. The van der Waals surface area contributed by atoms with Crippen molar-refractivity contribution in [2.45, 2.75) is 13.5 Å². The maximum absolute atomic E-state index is 8.99. The molecule has 18 heavy (non-hydrogen) atoms. The molecule has 2 aromatic carbocycles. The largest absolute Gasteiger partial charge is 0.380 e. The Balaban J connectivity index is 2.14. The van der Waals surface area contributed by atoms with Crippen molar-refractivity contribution in [1.29, 1.82) is 5.26 Å². The Morgan fingerprint density at radius 2 is 2.00 bits per heavy atom. The second-order valence-corrected chi connectivity index (χ2v) is 4.51. The lowest BCUT2D eigenvalue weighted by Gasteiger charge is -2.09. The van der Waals surface area contributed by atoms with Crippen LogP contribution in [0.25, 0.3) is 0 Å². The van der Waals surface area contributed by atoms with Gasteiger partial charge in [-0.2, -0.15) is 5.26 Å². The van der Waals surface area contributed by atoms with Crippen LogP contribution in [-0.2, 0) is 6.54 Å². The lowest BCUT2D eigenvalue weighted by atomic mass is 10.1. The van der Waals surface area contributed by atoms with Crippen LogP contribution in [-0.4, -0.2) is 0 Å². The average Bonchev–Trinajstić information content (AvgIpc) is 2.38. The van der Waals surface area contributed by atoms with Crippen LogP contribution in [0.1, 0.15) is 16.7 Å². The third-order valence-corrected chi connectivity index (χ3v) is 3.08. The predicted octanol–water partition coefficient (Wildman–Crippen LogP) is 4.13. The zero-order valence-corrected chi connectivity index (χ0v) is 10.8. The van der Waals surface area contributed by atoms with Crippen LogP contribution < -0.4 is 5.32 Å². The van der Waals surface area contributed by atoms with Gasteiger partial charge in [0.15, 0.2) is 0 Å². The molecular formula is C15H13ClN2. The highest BCUT2D eigenvalue weighted by molar-refractivity contribution is 6.31. The van der Waals surface area contributed by atoms with Crippen molar-refractivity contribution in [3.8, 4) is 6.07 Å². The SMILES string of the molecule is Cc1ccc(CNc2ccccc2C#N)c(Cl)c1. The fourth-order valence-corrected chi connectivity index (χ4v) is 2.02. The maximum atomic E-state index is 8.99. The molecule has 0 unspecified atom stereocenters. The van der Waals surface area contributed by atoms with Crippen molar-refractivity contribution in [3.63, 3.8) is 0 Å². The number of para-hydroxylation sites is 1. The minimum absolute atomic E-state index is 0.609. The first-order valence-corrected chi connectivity index (χ1v) is 6.06. The van der Waals surface area contributed by atoms with E-state index in [9.17, 15) is 0 Å². The number of benzene rings is 2. The zero-order valence-electron chi connectivity index (χ0n) is 10.1. The minimum Gasteiger partial charge on any atom is -0.380 e. The maximum Gasteiger partial charge on any atom is 0.101 e. The summed E-state index contributed by atoms with van der Waals surface area (Å²) in [6.45, 7) is 2.62. The summed E-state index contributed by atoms with van der Waals surface area (Å²) in [6.07, 6.45) is 0. The van der Waals surface area contributed by atoms with Gasteiger partial charge in [0, 0.05) is 11.6 Å². The van der Waals surface area contributed by atoms with Crippen LogP contribution >= 0.6 is 11.6 Å². The molecule has 0 aliphatic carbocycles. The van der Waals surface area contributed by atoms with Crippen molar-refractivity contribution in [3.05, 3.63) is 64.2 Å². The van der Waals surface area contributed by atoms with Gasteiger partial charge in [-0.3, -0.25) is 0 Å². The van der Waals surface area contributed by atoms with Gasteiger partial charge in [0.05, 0.1) is 11.3 Å². The van der Waals surface area contributed by atoms with Crippen molar-refractivity contribution in [2.75, 3.05) is 5.32 Å². The van der Waals surface area contributed by atoms with Crippen LogP contribution in [0.4, 0.5) is 5.69 Å². The third kappa shape index (κ3) is 2.82. The topological polar surface area (TPSA) is 35.8 Å². The van der Waals surface area contributed by atoms with Gasteiger partial charge < -0.3 is 5.32 Å². The Bertz CT molecular complexity index is 600. The Morgan fingerprint density at radius 3 is 2.72 bits per heavy atom. The monoisotopic (exact) mass is 256 g/mol. The highest BCUT2D eigenvalue weighted by atomic mass is 35.5. The lowest BCUT2D eigenvalue weighted by molar-refractivity contribution is 1.14. The Kier molecular flexibility index (Phi) is 3.86. The molecule has 0 aliphatic heterocycles. The smallest absolute Gasteiger partial charge is 0.101 e. The fourth-order valence-electron chi connectivity index (χ4n) is 1.72. The molecule has 0 fully saturated rings. The van der Waals surface area contributed by atoms with Crippen molar-refractivity contribution < 1.29 is 0 Å². The van der Waals surface area contributed by atoms with Crippen molar-refractivity contribution in [2.24, 2.45) is 0 Å². The number of hydrogen-bond acceptors (Lipinski definition) is 2. The molecule has 0 radical (unpaired) electrons. The normalized spacial score (nSPS) is 9.83. The van der Waals surface area contributed by atoms with Gasteiger partial charge in [-0.25, -0.2) is 0 Å². The van der Waals surface area contributed by atoms with Gasteiger partial charge in [-0.1, -0.05) is 35.9 Å². The van der Waals surface area contributed by atoms with Gasteiger partial charge >= 0.3 is 0 Å². The van der Waals surface area contributed by atoms with E-state index >= 15 is 0 Å². The molecule has 0 heterocycles. The molecule has 2 rings (SSSR count). The summed E-state index contributed by atoms with van der Waals surface area (Å²) in [4.78, 5) is 0. The van der Waals surface area contributed by atoms with Gasteiger partial charge in [-0.15, -0.1) is 0 Å². The van der Waals surface area contributed by atoms with Crippen LogP contribution in [0.3, 0.4) is 0 Å². The van der Waals surface area contributed by atoms with Gasteiger partial charge in [-0.05, 0) is 36.2 Å². The van der Waals surface area contributed by atoms with E-state index in [-0.39, 0.29) is 0 Å². The first-order chi connectivity index (χ1) is 8.70. The molecule has 0 saturated heterocycles. The van der Waals surface area contributed by atoms with Gasteiger partial charge in [0.2, 0.25) is 0 Å². The van der Waals surface area contributed by atoms with E-state index in [2.05, 4.69) is 11.4 Å². The second kappa shape index (κ2) is 5.57. The van der Waals surface area contributed by atoms with Crippen LogP contribution in [0.2, 0.25) is 5.02 Å². The number of rotatable bonds is 3. The summed E-state index contributed by atoms with van der Waals surface area (Å²) in [5.41, 5.74) is 3.63. The molecule has 0 aromatic heterocycles. The number of nitriles is 1. The first-order valence-electron chi connectivity index (χ1n) is 5.69. The molecule has 0 atom stereocenters. The predicted molar refractivity (Wildman–Crippen MR) is 74.7 cm³/mol. The molecule has 0 aliphatic rings. The highest BCUT2D eigenvalue weighted by Gasteiger charge is 2.03. The molecule has 2 nitrogen and oxygen atoms in total. The quantitative estimate of drug-likeness (QED) is 0.896. The summed E-state index contributed by atoms with van der Waals surface area (Å²) in [5, 5.41) is 13.0. The average molecular weight is 257 g/mol. The number of anilines is 1. The third-order valence-electron chi connectivity index (χ3n) is 2.73. The molecule has 0 amide bonds. The van der Waals surface area contributed by atoms with E-state index in [4.69, 9.17) is 16.9 Å². The van der Waals surface area contributed by atoms with E-state index in [0.29, 0.717) is 12.1 Å². The second-order valence-electron chi connectivity index (χ2n) is 4.11. The van der Waals surface area contributed by atoms with E-state index in [0.717, 1.165) is 21.8 Å². The Labute approximate surface area is 112 Å². The van der Waals surface area contributed by atoms with Crippen molar-refractivity contribution in [1.82, 2.24) is 0 Å². The van der Waals surface area contributed by atoms with E-state index < -0.39 is 0 Å². The standard InChI is InChI=1S/C15H13ClN2/c1-11-6-7-13(14(16)8-11)10-18-15-5-3-2-4-12(15)9-17/h2-8,18H,10H2,1H3. The molecule has 0 saturated carbocycles. The minimum atomic E-state index is 0.609. The van der Waals surface area contributed by atoms with E-state index in [1.807, 2.05) is 43.3 Å². The highest BCUT2D eigenvalue weighted by Crippen LogP contribution is 2.20. The summed E-state index contributed by atoms with van der Waals surface area (Å²) in [7, 11) is 0. The molecule has 90 valence electrons.